The van der Waals surface area contributed by atoms with Crippen LogP contribution in [0, 0.1) is 11.7 Å². The topological polar surface area (TPSA) is 78.9 Å². The van der Waals surface area contributed by atoms with E-state index in [0.29, 0.717) is 28.3 Å². The van der Waals surface area contributed by atoms with Gasteiger partial charge >= 0.3 is 0 Å². The van der Waals surface area contributed by atoms with Crippen LogP contribution >= 0.6 is 11.6 Å². The number of hydrogen-bond donors (Lipinski definition) is 2. The van der Waals surface area contributed by atoms with Crippen molar-refractivity contribution in [1.82, 2.24) is 5.01 Å². The number of hydrogen-bond acceptors (Lipinski definition) is 5. The number of imide groups is 1. The van der Waals surface area contributed by atoms with Crippen molar-refractivity contribution in [2.24, 2.45) is 5.92 Å². The van der Waals surface area contributed by atoms with E-state index in [-0.39, 0.29) is 11.5 Å². The fourth-order valence-corrected chi connectivity index (χ4v) is 5.66. The van der Waals surface area contributed by atoms with Gasteiger partial charge in [-0.3, -0.25) is 15.0 Å². The summed E-state index contributed by atoms with van der Waals surface area (Å²) in [7, 11) is 1.44. The lowest BCUT2D eigenvalue weighted by Crippen LogP contribution is -2.48. The molecule has 188 valence electrons. The summed E-state index contributed by atoms with van der Waals surface area (Å²) >= 11 is 6.19. The van der Waals surface area contributed by atoms with E-state index in [1.807, 2.05) is 6.08 Å². The largest absolute Gasteiger partial charge is 0.504 e. The predicted molar refractivity (Wildman–Crippen MR) is 139 cm³/mol. The van der Waals surface area contributed by atoms with Crippen LogP contribution in [0.3, 0.4) is 0 Å². The molecule has 0 spiro atoms. The van der Waals surface area contributed by atoms with E-state index in [1.165, 1.54) is 37.4 Å². The highest BCUT2D eigenvalue weighted by molar-refractivity contribution is 6.30. The smallest absolute Gasteiger partial charge is 0.260 e. The fraction of sp³-hybridized carbons (Fsp3) is 0.172. The number of amides is 2. The maximum Gasteiger partial charge on any atom is 0.260 e. The average molecular weight is 519 g/mol. The minimum atomic E-state index is -1.35. The summed E-state index contributed by atoms with van der Waals surface area (Å²) in [6.45, 7) is 3.98. The molecule has 1 aliphatic carbocycles. The molecule has 3 aromatic rings. The summed E-state index contributed by atoms with van der Waals surface area (Å²) in [6.07, 6.45) is 3.91. The Kier molecular flexibility index (Phi) is 6.25. The Bertz CT molecular complexity index is 1420. The summed E-state index contributed by atoms with van der Waals surface area (Å²) in [4.78, 5) is 28.3. The SMILES string of the molecule is C=CC1=CC[C@H]2C(=O)N(Nc3ccc(F)cc3)C(=O)[C@@]2(c2ccc(Cl)cc2)[C@H]1c1ccc(O)c(OC)c1. The quantitative estimate of drug-likeness (QED) is 0.407. The summed E-state index contributed by atoms with van der Waals surface area (Å²) < 4.78 is 18.8. The van der Waals surface area contributed by atoms with Crippen molar-refractivity contribution in [2.75, 3.05) is 12.5 Å². The number of aromatic hydroxyl groups is 1. The van der Waals surface area contributed by atoms with Crippen molar-refractivity contribution in [3.8, 4) is 11.5 Å². The lowest BCUT2D eigenvalue weighted by Gasteiger charge is -2.43. The number of nitrogens with one attached hydrogen (secondary N) is 1. The number of carbonyl (C=O) groups excluding carboxylic acids is 2. The summed E-state index contributed by atoms with van der Waals surface area (Å²) in [5, 5.41) is 11.8. The number of rotatable bonds is 6. The molecule has 0 unspecified atom stereocenters. The van der Waals surface area contributed by atoms with Crippen molar-refractivity contribution >= 4 is 29.1 Å². The monoisotopic (exact) mass is 518 g/mol. The molecule has 3 aromatic carbocycles. The Morgan fingerprint density at radius 1 is 1.14 bits per heavy atom. The van der Waals surface area contributed by atoms with Gasteiger partial charge in [0.2, 0.25) is 0 Å². The van der Waals surface area contributed by atoms with E-state index in [1.54, 1.807) is 42.5 Å². The number of halogens is 2. The zero-order valence-corrected chi connectivity index (χ0v) is 20.7. The molecule has 0 saturated carbocycles. The fourth-order valence-electron chi connectivity index (χ4n) is 5.54. The number of carbonyl (C=O) groups is 2. The van der Waals surface area contributed by atoms with Gasteiger partial charge in [-0.1, -0.05) is 48.5 Å². The van der Waals surface area contributed by atoms with Crippen LogP contribution in [0.4, 0.5) is 10.1 Å². The number of methoxy groups -OCH3 is 1. The van der Waals surface area contributed by atoms with Crippen LogP contribution in [0.2, 0.25) is 5.02 Å². The molecule has 0 aromatic heterocycles. The number of phenolic OH excluding ortho intramolecular Hbond substituents is 1. The summed E-state index contributed by atoms with van der Waals surface area (Å²) in [5.74, 6) is -2.47. The van der Waals surface area contributed by atoms with Crippen molar-refractivity contribution < 1.29 is 23.8 Å². The zero-order valence-electron chi connectivity index (χ0n) is 19.9. The molecule has 0 radical (unpaired) electrons. The van der Waals surface area contributed by atoms with Crippen molar-refractivity contribution in [3.63, 3.8) is 0 Å². The number of ether oxygens (including phenoxy) is 1. The second-order valence-electron chi connectivity index (χ2n) is 9.03. The Morgan fingerprint density at radius 2 is 1.84 bits per heavy atom. The molecule has 3 atom stereocenters. The number of allylic oxidation sites excluding steroid dienone is 3. The molecule has 2 N–H and O–H groups in total. The van der Waals surface area contributed by atoms with Crippen LogP contribution in [-0.4, -0.2) is 29.0 Å². The van der Waals surface area contributed by atoms with E-state index >= 15 is 0 Å². The number of benzene rings is 3. The van der Waals surface area contributed by atoms with Crippen LogP contribution in [0.25, 0.3) is 0 Å². The minimum Gasteiger partial charge on any atom is -0.504 e. The normalized spacial score (nSPS) is 22.9. The van der Waals surface area contributed by atoms with E-state index in [9.17, 15) is 19.1 Å². The van der Waals surface area contributed by atoms with Gasteiger partial charge in [0.05, 0.1) is 24.1 Å². The van der Waals surface area contributed by atoms with E-state index in [0.717, 1.165) is 10.6 Å². The zero-order chi connectivity index (χ0) is 26.3. The first-order valence-corrected chi connectivity index (χ1v) is 12.0. The molecule has 1 fully saturated rings. The lowest BCUT2D eigenvalue weighted by molar-refractivity contribution is -0.138. The van der Waals surface area contributed by atoms with Crippen molar-refractivity contribution in [1.29, 1.82) is 0 Å². The second kappa shape index (κ2) is 9.41. The standard InChI is InChI=1S/C29H24ClFN2O4/c1-3-17-4-14-23-27(35)33(32-22-12-10-21(31)11-13-22)28(36)29(23,19-6-8-20(30)9-7-19)26(17)18-5-15-24(34)25(16-18)37-2/h3-13,15-16,23,26,32,34H,1,14H2,2H3/t23-,26+,29+/m0/s1. The Morgan fingerprint density at radius 3 is 2.49 bits per heavy atom. The van der Waals surface area contributed by atoms with Gasteiger partial charge in [-0.15, -0.1) is 0 Å². The molecule has 2 amide bonds. The molecule has 1 aliphatic heterocycles. The van der Waals surface area contributed by atoms with Gasteiger partial charge in [0.15, 0.2) is 11.5 Å². The van der Waals surface area contributed by atoms with Gasteiger partial charge in [-0.25, -0.2) is 4.39 Å². The average Bonchev–Trinajstić information content (AvgIpc) is 3.12. The number of anilines is 1. The third-order valence-corrected chi connectivity index (χ3v) is 7.43. The second-order valence-corrected chi connectivity index (χ2v) is 9.47. The minimum absolute atomic E-state index is 0.0447. The molecule has 1 saturated heterocycles. The molecule has 1 heterocycles. The summed E-state index contributed by atoms with van der Waals surface area (Å²) in [5.41, 5.74) is 4.00. The van der Waals surface area contributed by atoms with Crippen LogP contribution in [0.15, 0.2) is 91.0 Å². The summed E-state index contributed by atoms with van der Waals surface area (Å²) in [6, 6.07) is 17.2. The first-order chi connectivity index (χ1) is 17.8. The van der Waals surface area contributed by atoms with Crippen molar-refractivity contribution in [3.05, 3.63) is 113 Å². The number of hydrazine groups is 1. The molecule has 0 bridgehead atoms. The number of nitrogens with zero attached hydrogens (tertiary/aromatic N) is 1. The molecule has 6 nitrogen and oxygen atoms in total. The van der Waals surface area contributed by atoms with E-state index < -0.39 is 34.9 Å². The first-order valence-electron chi connectivity index (χ1n) is 11.7. The van der Waals surface area contributed by atoms with Gasteiger partial charge in [-0.05, 0) is 71.7 Å². The molecule has 2 aliphatic rings. The highest BCUT2D eigenvalue weighted by Gasteiger charge is 2.65. The van der Waals surface area contributed by atoms with Crippen LogP contribution < -0.4 is 10.2 Å². The molecule has 5 rings (SSSR count). The molecule has 37 heavy (non-hydrogen) atoms. The Hall–Kier alpha value is -4.10. The van der Waals surface area contributed by atoms with Gasteiger partial charge < -0.3 is 9.84 Å². The van der Waals surface area contributed by atoms with Crippen LogP contribution in [0.5, 0.6) is 11.5 Å². The van der Waals surface area contributed by atoms with E-state index in [4.69, 9.17) is 16.3 Å². The Balaban J connectivity index is 1.74. The predicted octanol–water partition coefficient (Wildman–Crippen LogP) is 5.74. The van der Waals surface area contributed by atoms with Crippen LogP contribution in [0.1, 0.15) is 23.5 Å². The maximum atomic E-state index is 14.5. The Labute approximate surface area is 218 Å². The molecular weight excluding hydrogens is 495 g/mol. The van der Waals surface area contributed by atoms with E-state index in [2.05, 4.69) is 12.0 Å². The highest BCUT2D eigenvalue weighted by Crippen LogP contribution is 2.58. The lowest BCUT2D eigenvalue weighted by atomic mass is 9.56. The number of phenols is 1. The van der Waals surface area contributed by atoms with Gasteiger partial charge in [-0.2, -0.15) is 5.01 Å². The van der Waals surface area contributed by atoms with Crippen LogP contribution in [-0.2, 0) is 15.0 Å². The van der Waals surface area contributed by atoms with Crippen molar-refractivity contribution in [2.45, 2.75) is 17.8 Å². The third-order valence-electron chi connectivity index (χ3n) is 7.18. The molecule has 8 heteroatoms. The number of fused-ring (bicyclic) bond motifs is 1. The third kappa shape index (κ3) is 3.86. The first kappa shape index (κ1) is 24.6. The highest BCUT2D eigenvalue weighted by atomic mass is 35.5. The molecular formula is C29H24ClFN2O4. The van der Waals surface area contributed by atoms with Gasteiger partial charge in [0, 0.05) is 10.9 Å². The maximum absolute atomic E-state index is 14.5. The van der Waals surface area contributed by atoms with Gasteiger partial charge in [0.25, 0.3) is 11.8 Å². The van der Waals surface area contributed by atoms with Gasteiger partial charge in [0.1, 0.15) is 5.82 Å².